The summed E-state index contributed by atoms with van der Waals surface area (Å²) < 4.78 is 5.08. The van der Waals surface area contributed by atoms with E-state index in [0.717, 1.165) is 5.56 Å². The van der Waals surface area contributed by atoms with Crippen LogP contribution in [0.3, 0.4) is 0 Å². The third kappa shape index (κ3) is 2.80. The van der Waals surface area contributed by atoms with Crippen molar-refractivity contribution in [2.75, 3.05) is 11.5 Å². The molecule has 1 amide bonds. The number of anilines is 1. The molecule has 0 fully saturated rings. The minimum atomic E-state index is -0.803. The number of ketones is 1. The van der Waals surface area contributed by atoms with Crippen LogP contribution in [0.2, 0.25) is 0 Å². The van der Waals surface area contributed by atoms with Gasteiger partial charge in [0.25, 0.3) is 11.7 Å². The number of Topliss-reactive ketones (excluding diaryl/α,β-unsaturated/α-hetero) is 1. The number of hydrogen-bond acceptors (Lipinski definition) is 4. The first kappa shape index (κ1) is 15.9. The number of carbonyl (C=O) groups is 3. The maximum Gasteiger partial charge on any atom is 0.329 e. The number of rotatable bonds is 4. The zero-order chi connectivity index (χ0) is 17.1. The van der Waals surface area contributed by atoms with E-state index in [0.29, 0.717) is 17.7 Å². The molecule has 1 heterocycles. The second-order valence-electron chi connectivity index (χ2n) is 5.47. The van der Waals surface area contributed by atoms with E-state index < -0.39 is 23.7 Å². The Balaban J connectivity index is 1.96. The Morgan fingerprint density at radius 1 is 1.04 bits per heavy atom. The van der Waals surface area contributed by atoms with Crippen LogP contribution >= 0.6 is 0 Å². The molecule has 2 aromatic rings. The largest absolute Gasteiger partial charge is 0.464 e. The smallest absolute Gasteiger partial charge is 0.329 e. The van der Waals surface area contributed by atoms with E-state index in [4.69, 9.17) is 4.74 Å². The summed E-state index contributed by atoms with van der Waals surface area (Å²) in [5, 5.41) is 0. The molecule has 0 aromatic heterocycles. The average molecular weight is 323 g/mol. The van der Waals surface area contributed by atoms with Gasteiger partial charge in [0.2, 0.25) is 0 Å². The molecule has 0 saturated carbocycles. The molecule has 1 aliphatic heterocycles. The highest BCUT2D eigenvalue weighted by Gasteiger charge is 2.41. The monoisotopic (exact) mass is 323 g/mol. The highest BCUT2D eigenvalue weighted by atomic mass is 16.5. The van der Waals surface area contributed by atoms with E-state index in [1.54, 1.807) is 49.4 Å². The lowest BCUT2D eigenvalue weighted by Gasteiger charge is -2.23. The maximum atomic E-state index is 12.8. The molecule has 0 spiro atoms. The second-order valence-corrected chi connectivity index (χ2v) is 5.47. The summed E-state index contributed by atoms with van der Waals surface area (Å²) in [6.07, 6.45) is 0.350. The molecule has 122 valence electrons. The van der Waals surface area contributed by atoms with Gasteiger partial charge >= 0.3 is 5.97 Å². The lowest BCUT2D eigenvalue weighted by atomic mass is 10.1. The molecule has 5 heteroatoms. The molecular formula is C19H17NO4. The molecule has 5 nitrogen and oxygen atoms in total. The zero-order valence-electron chi connectivity index (χ0n) is 13.3. The van der Waals surface area contributed by atoms with Gasteiger partial charge in [-0.1, -0.05) is 48.5 Å². The van der Waals surface area contributed by atoms with Crippen molar-refractivity contribution < 1.29 is 19.1 Å². The van der Waals surface area contributed by atoms with Gasteiger partial charge in [0.05, 0.1) is 6.61 Å². The summed E-state index contributed by atoms with van der Waals surface area (Å²) >= 11 is 0. The Labute approximate surface area is 139 Å². The molecule has 2 aromatic carbocycles. The quantitative estimate of drug-likeness (QED) is 0.492. The van der Waals surface area contributed by atoms with E-state index in [1.165, 1.54) is 4.90 Å². The van der Waals surface area contributed by atoms with Crippen molar-refractivity contribution in [1.29, 1.82) is 0 Å². The predicted molar refractivity (Wildman–Crippen MR) is 88.8 cm³/mol. The SMILES string of the molecule is CCOC(=O)[C@@H]1Cc2ccccc2N1C(=O)C(=O)c1ccccc1. The number of amides is 1. The van der Waals surface area contributed by atoms with Crippen LogP contribution in [0.4, 0.5) is 5.69 Å². The molecule has 0 aliphatic carbocycles. The van der Waals surface area contributed by atoms with Crippen molar-refractivity contribution in [2.24, 2.45) is 0 Å². The van der Waals surface area contributed by atoms with Crippen molar-refractivity contribution in [3.63, 3.8) is 0 Å². The van der Waals surface area contributed by atoms with E-state index in [-0.39, 0.29) is 6.61 Å². The summed E-state index contributed by atoms with van der Waals surface area (Å²) in [7, 11) is 0. The van der Waals surface area contributed by atoms with Gasteiger partial charge in [0.1, 0.15) is 6.04 Å². The first-order chi connectivity index (χ1) is 11.6. The molecular weight excluding hydrogens is 306 g/mol. The van der Waals surface area contributed by atoms with Crippen molar-refractivity contribution in [3.8, 4) is 0 Å². The normalized spacial score (nSPS) is 15.7. The molecule has 0 N–H and O–H groups in total. The number of nitrogens with zero attached hydrogens (tertiary/aromatic N) is 1. The van der Waals surface area contributed by atoms with Gasteiger partial charge in [-0.3, -0.25) is 14.5 Å². The van der Waals surface area contributed by atoms with Crippen molar-refractivity contribution in [2.45, 2.75) is 19.4 Å². The Morgan fingerprint density at radius 3 is 2.42 bits per heavy atom. The number of benzene rings is 2. The van der Waals surface area contributed by atoms with E-state index >= 15 is 0 Å². The lowest BCUT2D eigenvalue weighted by molar-refractivity contribution is -0.145. The van der Waals surface area contributed by atoms with Gasteiger partial charge in [0, 0.05) is 17.7 Å². The van der Waals surface area contributed by atoms with Crippen LogP contribution in [0, 0.1) is 0 Å². The van der Waals surface area contributed by atoms with Crippen molar-refractivity contribution in [1.82, 2.24) is 0 Å². The molecule has 24 heavy (non-hydrogen) atoms. The number of hydrogen-bond donors (Lipinski definition) is 0. The molecule has 1 atom stereocenters. The number of fused-ring (bicyclic) bond motifs is 1. The Hall–Kier alpha value is -2.95. The van der Waals surface area contributed by atoms with Crippen LogP contribution in [-0.4, -0.2) is 30.3 Å². The summed E-state index contributed by atoms with van der Waals surface area (Å²) in [4.78, 5) is 38.8. The fraction of sp³-hybridized carbons (Fsp3) is 0.211. The van der Waals surface area contributed by atoms with Crippen molar-refractivity contribution in [3.05, 3.63) is 65.7 Å². The highest BCUT2D eigenvalue weighted by molar-refractivity contribution is 6.47. The topological polar surface area (TPSA) is 63.7 Å². The van der Waals surface area contributed by atoms with Crippen LogP contribution in [0.5, 0.6) is 0 Å². The molecule has 1 aliphatic rings. The summed E-state index contributed by atoms with van der Waals surface area (Å²) in [5.74, 6) is -1.85. The zero-order valence-corrected chi connectivity index (χ0v) is 13.3. The third-order valence-corrected chi connectivity index (χ3v) is 3.98. The fourth-order valence-corrected chi connectivity index (χ4v) is 2.89. The molecule has 0 bridgehead atoms. The average Bonchev–Trinajstić information content (AvgIpc) is 3.01. The third-order valence-electron chi connectivity index (χ3n) is 3.98. The van der Waals surface area contributed by atoms with E-state index in [1.807, 2.05) is 12.1 Å². The van der Waals surface area contributed by atoms with Crippen LogP contribution in [0.25, 0.3) is 0 Å². The van der Waals surface area contributed by atoms with Crippen molar-refractivity contribution >= 4 is 23.3 Å². The minimum absolute atomic E-state index is 0.223. The molecule has 0 saturated heterocycles. The first-order valence-corrected chi connectivity index (χ1v) is 7.81. The van der Waals surface area contributed by atoms with Gasteiger partial charge in [0.15, 0.2) is 0 Å². The Bertz CT molecular complexity index is 785. The van der Waals surface area contributed by atoms with Crippen LogP contribution in [-0.2, 0) is 20.7 Å². The molecule has 0 radical (unpaired) electrons. The van der Waals surface area contributed by atoms with E-state index in [9.17, 15) is 14.4 Å². The van der Waals surface area contributed by atoms with Crippen LogP contribution < -0.4 is 4.90 Å². The molecule has 3 rings (SSSR count). The molecule has 0 unspecified atom stereocenters. The minimum Gasteiger partial charge on any atom is -0.464 e. The summed E-state index contributed by atoms with van der Waals surface area (Å²) in [6.45, 7) is 1.93. The second kappa shape index (κ2) is 6.66. The number of para-hydroxylation sites is 1. The van der Waals surface area contributed by atoms with Gasteiger partial charge < -0.3 is 4.74 Å². The predicted octanol–water partition coefficient (Wildman–Crippen LogP) is 2.39. The first-order valence-electron chi connectivity index (χ1n) is 7.81. The van der Waals surface area contributed by atoms with Gasteiger partial charge in [-0.2, -0.15) is 0 Å². The maximum absolute atomic E-state index is 12.8. The highest BCUT2D eigenvalue weighted by Crippen LogP contribution is 2.33. The number of carbonyl (C=O) groups excluding carboxylic acids is 3. The van der Waals surface area contributed by atoms with Gasteiger partial charge in [-0.25, -0.2) is 4.79 Å². The Morgan fingerprint density at radius 2 is 1.71 bits per heavy atom. The summed E-state index contributed by atoms with van der Waals surface area (Å²) in [5.41, 5.74) is 1.74. The standard InChI is InChI=1S/C19H17NO4/c1-2-24-19(23)16-12-14-10-6-7-11-15(14)20(16)18(22)17(21)13-8-4-3-5-9-13/h3-11,16H,2,12H2,1H3/t16-/m0/s1. The van der Waals surface area contributed by atoms with Crippen LogP contribution in [0.1, 0.15) is 22.8 Å². The lowest BCUT2D eigenvalue weighted by Crippen LogP contribution is -2.46. The van der Waals surface area contributed by atoms with Gasteiger partial charge in [-0.15, -0.1) is 0 Å². The summed E-state index contributed by atoms with van der Waals surface area (Å²) in [6, 6.07) is 14.7. The Kier molecular flexibility index (Phi) is 4.42. The van der Waals surface area contributed by atoms with Crippen LogP contribution in [0.15, 0.2) is 54.6 Å². The number of esters is 1. The van der Waals surface area contributed by atoms with E-state index in [2.05, 4.69) is 0 Å². The number of ether oxygens (including phenoxy) is 1. The van der Waals surface area contributed by atoms with Gasteiger partial charge in [-0.05, 0) is 18.6 Å². The fourth-order valence-electron chi connectivity index (χ4n) is 2.89.